The molecule has 4 nitrogen and oxygen atoms in total. The molecule has 114 valence electrons. The number of para-hydroxylation sites is 1. The first-order chi connectivity index (χ1) is 11.0. The summed E-state index contributed by atoms with van der Waals surface area (Å²) in [5.74, 6) is -0.357. The number of carbonyl (C=O) groups excluding carboxylic acids is 2. The van der Waals surface area contributed by atoms with E-state index in [0.29, 0.717) is 22.3 Å². The molecule has 2 aromatic carbocycles. The summed E-state index contributed by atoms with van der Waals surface area (Å²) in [5.41, 5.74) is 2.19. The topological polar surface area (TPSA) is 59.1 Å². The number of nitrogens with one attached hydrogen (secondary N) is 1. The largest absolute Gasteiger partial charge is 0.322 e. The van der Waals surface area contributed by atoms with Crippen LogP contribution in [0.15, 0.2) is 54.6 Å². The smallest absolute Gasteiger partial charge is 0.256 e. The number of hydrogen-bond acceptors (Lipinski definition) is 3. The summed E-state index contributed by atoms with van der Waals surface area (Å²) in [6.45, 7) is 1.48. The Hall–Kier alpha value is -2.72. The van der Waals surface area contributed by atoms with Crippen molar-refractivity contribution in [1.82, 2.24) is 4.98 Å². The number of nitrogens with zero attached hydrogens (tertiary/aromatic N) is 1. The first-order valence-electron chi connectivity index (χ1n) is 7.02. The Morgan fingerprint density at radius 3 is 2.61 bits per heavy atom. The van der Waals surface area contributed by atoms with Gasteiger partial charge in [-0.05, 0) is 31.2 Å². The van der Waals surface area contributed by atoms with Gasteiger partial charge >= 0.3 is 0 Å². The molecule has 3 rings (SSSR count). The van der Waals surface area contributed by atoms with E-state index in [2.05, 4.69) is 10.3 Å². The summed E-state index contributed by atoms with van der Waals surface area (Å²) < 4.78 is 0. The molecule has 1 heterocycles. The summed E-state index contributed by atoms with van der Waals surface area (Å²) in [5, 5.41) is 3.77. The van der Waals surface area contributed by atoms with Crippen LogP contribution in [0, 0.1) is 0 Å². The second-order valence-corrected chi connectivity index (χ2v) is 5.49. The predicted octanol–water partition coefficient (Wildman–Crippen LogP) is 4.34. The normalized spacial score (nSPS) is 10.5. The van der Waals surface area contributed by atoms with Gasteiger partial charge in [-0.1, -0.05) is 41.9 Å². The Labute approximate surface area is 138 Å². The van der Waals surface area contributed by atoms with Crippen LogP contribution in [0.2, 0.25) is 5.15 Å². The summed E-state index contributed by atoms with van der Waals surface area (Å²) >= 11 is 6.00. The number of benzene rings is 2. The van der Waals surface area contributed by atoms with Crippen molar-refractivity contribution in [3.63, 3.8) is 0 Å². The van der Waals surface area contributed by atoms with E-state index in [9.17, 15) is 9.59 Å². The summed E-state index contributed by atoms with van der Waals surface area (Å²) in [4.78, 5) is 28.2. The van der Waals surface area contributed by atoms with Crippen molar-refractivity contribution >= 4 is 39.9 Å². The third-order valence-electron chi connectivity index (χ3n) is 3.46. The summed E-state index contributed by atoms with van der Waals surface area (Å²) in [6.07, 6.45) is 0. The van der Waals surface area contributed by atoms with Gasteiger partial charge < -0.3 is 5.32 Å². The minimum Gasteiger partial charge on any atom is -0.322 e. The maximum absolute atomic E-state index is 12.6. The number of carbonyl (C=O) groups is 2. The van der Waals surface area contributed by atoms with Crippen molar-refractivity contribution in [2.24, 2.45) is 0 Å². The highest BCUT2D eigenvalue weighted by molar-refractivity contribution is 6.30. The van der Waals surface area contributed by atoms with Crippen LogP contribution >= 0.6 is 11.6 Å². The van der Waals surface area contributed by atoms with Crippen molar-refractivity contribution < 1.29 is 9.59 Å². The average Bonchev–Trinajstić information content (AvgIpc) is 2.54. The number of rotatable bonds is 3. The molecule has 0 aliphatic rings. The van der Waals surface area contributed by atoms with Crippen LogP contribution in [0.25, 0.3) is 10.9 Å². The zero-order valence-electron chi connectivity index (χ0n) is 12.3. The van der Waals surface area contributed by atoms with Gasteiger partial charge in [-0.3, -0.25) is 9.59 Å². The molecule has 0 unspecified atom stereocenters. The number of aromatic nitrogens is 1. The van der Waals surface area contributed by atoms with E-state index >= 15 is 0 Å². The van der Waals surface area contributed by atoms with Gasteiger partial charge in [-0.2, -0.15) is 0 Å². The minimum absolute atomic E-state index is 0.0569. The predicted molar refractivity (Wildman–Crippen MR) is 91.2 cm³/mol. The van der Waals surface area contributed by atoms with Gasteiger partial charge in [0.2, 0.25) is 0 Å². The maximum Gasteiger partial charge on any atom is 0.256 e. The lowest BCUT2D eigenvalue weighted by atomic mass is 10.1. The first-order valence-corrected chi connectivity index (χ1v) is 7.40. The van der Waals surface area contributed by atoms with E-state index in [-0.39, 0.29) is 16.8 Å². The van der Waals surface area contributed by atoms with E-state index in [1.165, 1.54) is 13.0 Å². The third-order valence-corrected chi connectivity index (χ3v) is 3.65. The van der Waals surface area contributed by atoms with Gasteiger partial charge in [0.25, 0.3) is 5.91 Å². The van der Waals surface area contributed by atoms with Crippen molar-refractivity contribution in [2.45, 2.75) is 6.92 Å². The van der Waals surface area contributed by atoms with Gasteiger partial charge in [-0.25, -0.2) is 4.98 Å². The molecule has 5 heteroatoms. The molecule has 0 aliphatic heterocycles. The lowest BCUT2D eigenvalue weighted by Crippen LogP contribution is -2.13. The fourth-order valence-corrected chi connectivity index (χ4v) is 2.55. The van der Waals surface area contributed by atoms with Crippen molar-refractivity contribution in [2.75, 3.05) is 5.32 Å². The second kappa shape index (κ2) is 6.18. The number of amides is 1. The van der Waals surface area contributed by atoms with E-state index in [4.69, 9.17) is 11.6 Å². The Bertz CT molecular complexity index is 922. The maximum atomic E-state index is 12.6. The van der Waals surface area contributed by atoms with E-state index in [0.717, 1.165) is 5.39 Å². The van der Waals surface area contributed by atoms with Gasteiger partial charge in [-0.15, -0.1) is 0 Å². The van der Waals surface area contributed by atoms with Crippen molar-refractivity contribution in [1.29, 1.82) is 0 Å². The lowest BCUT2D eigenvalue weighted by Gasteiger charge is -2.09. The zero-order valence-corrected chi connectivity index (χ0v) is 13.1. The van der Waals surface area contributed by atoms with Crippen molar-refractivity contribution in [3.05, 3.63) is 70.9 Å². The Kier molecular flexibility index (Phi) is 4.08. The highest BCUT2D eigenvalue weighted by Gasteiger charge is 2.13. The molecule has 0 radical (unpaired) electrons. The van der Waals surface area contributed by atoms with Crippen LogP contribution in [0.1, 0.15) is 27.6 Å². The van der Waals surface area contributed by atoms with E-state index in [1.54, 1.807) is 30.3 Å². The Balaban J connectivity index is 1.98. The molecule has 0 atom stereocenters. The zero-order chi connectivity index (χ0) is 16.4. The second-order valence-electron chi connectivity index (χ2n) is 5.10. The Morgan fingerprint density at radius 1 is 1.04 bits per heavy atom. The molecule has 0 fully saturated rings. The molecule has 0 saturated heterocycles. The molecule has 23 heavy (non-hydrogen) atoms. The van der Waals surface area contributed by atoms with E-state index < -0.39 is 0 Å². The van der Waals surface area contributed by atoms with Gasteiger partial charge in [0.05, 0.1) is 11.1 Å². The van der Waals surface area contributed by atoms with E-state index in [1.807, 2.05) is 18.2 Å². The third kappa shape index (κ3) is 3.22. The Morgan fingerprint density at radius 2 is 1.83 bits per heavy atom. The standard InChI is InChI=1S/C18H13ClN2O2/c1-11(22)12-5-4-6-13(9-12)20-18(23)15-10-17(19)21-16-8-3-2-7-14(15)16/h2-10H,1H3,(H,20,23). The monoisotopic (exact) mass is 324 g/mol. The van der Waals surface area contributed by atoms with Crippen molar-refractivity contribution in [3.8, 4) is 0 Å². The van der Waals surface area contributed by atoms with Crippen LogP contribution in [0.5, 0.6) is 0 Å². The van der Waals surface area contributed by atoms with Crippen LogP contribution in [-0.2, 0) is 0 Å². The highest BCUT2D eigenvalue weighted by atomic mass is 35.5. The molecule has 0 spiro atoms. The molecule has 0 saturated carbocycles. The molecule has 1 N–H and O–H groups in total. The summed E-state index contributed by atoms with van der Waals surface area (Å²) in [7, 11) is 0. The average molecular weight is 325 g/mol. The lowest BCUT2D eigenvalue weighted by molar-refractivity contribution is 0.101. The number of halogens is 1. The summed E-state index contributed by atoms with van der Waals surface area (Å²) in [6, 6.07) is 15.6. The van der Waals surface area contributed by atoms with Gasteiger partial charge in [0, 0.05) is 16.6 Å². The first kappa shape index (κ1) is 15.2. The number of Topliss-reactive ketones (excluding diaryl/α,β-unsaturated/α-hetero) is 1. The number of ketones is 1. The molecular formula is C18H13ClN2O2. The van der Waals surface area contributed by atoms with Gasteiger partial charge in [0.15, 0.2) is 5.78 Å². The van der Waals surface area contributed by atoms with Gasteiger partial charge in [0.1, 0.15) is 5.15 Å². The molecular weight excluding hydrogens is 312 g/mol. The van der Waals surface area contributed by atoms with Crippen LogP contribution in [-0.4, -0.2) is 16.7 Å². The van der Waals surface area contributed by atoms with Crippen LogP contribution in [0.4, 0.5) is 5.69 Å². The number of fused-ring (bicyclic) bond motifs is 1. The number of anilines is 1. The molecule has 1 amide bonds. The number of hydrogen-bond donors (Lipinski definition) is 1. The molecule has 0 aliphatic carbocycles. The molecule has 0 bridgehead atoms. The minimum atomic E-state index is -0.300. The molecule has 3 aromatic rings. The fraction of sp³-hybridized carbons (Fsp3) is 0.0556. The highest BCUT2D eigenvalue weighted by Crippen LogP contribution is 2.22. The van der Waals surface area contributed by atoms with Crippen LogP contribution in [0.3, 0.4) is 0 Å². The van der Waals surface area contributed by atoms with Crippen LogP contribution < -0.4 is 5.32 Å². The molecule has 1 aromatic heterocycles. The number of pyridine rings is 1. The fourth-order valence-electron chi connectivity index (χ4n) is 2.35. The SMILES string of the molecule is CC(=O)c1cccc(NC(=O)c2cc(Cl)nc3ccccc23)c1. The quantitative estimate of drug-likeness (QED) is 0.576.